The Balaban J connectivity index is 2.17. The van der Waals surface area contributed by atoms with Crippen LogP contribution >= 0.6 is 34.5 Å². The van der Waals surface area contributed by atoms with Gasteiger partial charge in [-0.3, -0.25) is 4.79 Å². The summed E-state index contributed by atoms with van der Waals surface area (Å²) < 4.78 is 1.33. The Kier molecular flexibility index (Phi) is 2.77. The lowest BCUT2D eigenvalue weighted by Gasteiger charge is -1.95. The zero-order valence-electron chi connectivity index (χ0n) is 8.67. The molecule has 1 aromatic carbocycles. The number of hydrogen-bond donors (Lipinski definition) is 0. The minimum absolute atomic E-state index is 0.0104. The molecule has 0 saturated heterocycles. The molecule has 0 saturated carbocycles. The molecule has 3 rings (SSSR count). The van der Waals surface area contributed by atoms with Gasteiger partial charge in [0.2, 0.25) is 10.8 Å². The Hall–Kier alpha value is -1.50. The molecule has 0 aliphatic heterocycles. The summed E-state index contributed by atoms with van der Waals surface area (Å²) >= 11 is 12.6. The van der Waals surface area contributed by atoms with E-state index < -0.39 is 5.24 Å². The van der Waals surface area contributed by atoms with Crippen LogP contribution in [-0.4, -0.2) is 25.1 Å². The number of benzene rings is 1. The number of rotatable bonds is 2. The van der Waals surface area contributed by atoms with Crippen LogP contribution in [-0.2, 0) is 0 Å². The molecule has 8 heteroatoms. The number of nitrogens with zero attached hydrogens (tertiary/aromatic N) is 4. The van der Waals surface area contributed by atoms with Crippen LogP contribution in [0.15, 0.2) is 24.3 Å². The lowest BCUT2D eigenvalue weighted by molar-refractivity contribution is 0.107. The van der Waals surface area contributed by atoms with Crippen LogP contribution in [0.1, 0.15) is 10.6 Å². The molecule has 5 nitrogen and oxygen atoms in total. The third-order valence-electron chi connectivity index (χ3n) is 2.24. The molecular weight excluding hydrogens is 295 g/mol. The fraction of sp³-hybridized carbons (Fsp3) is 0. The first-order chi connectivity index (χ1) is 8.65. The van der Waals surface area contributed by atoms with E-state index >= 15 is 0 Å². The van der Waals surface area contributed by atoms with Crippen molar-refractivity contribution in [2.75, 3.05) is 0 Å². The summed E-state index contributed by atoms with van der Waals surface area (Å²) in [5.41, 5.74) is 0.853. The third kappa shape index (κ3) is 1.88. The molecule has 0 bridgehead atoms. The van der Waals surface area contributed by atoms with E-state index in [1.807, 2.05) is 12.1 Å². The molecule has 0 radical (unpaired) electrons. The Labute approximate surface area is 115 Å². The summed E-state index contributed by atoms with van der Waals surface area (Å²) in [6.45, 7) is 0. The van der Waals surface area contributed by atoms with E-state index in [2.05, 4.69) is 15.3 Å². The van der Waals surface area contributed by atoms with Gasteiger partial charge in [0, 0.05) is 10.6 Å². The fourth-order valence-corrected chi connectivity index (χ4v) is 2.62. The molecule has 0 fully saturated rings. The molecule has 0 aliphatic rings. The van der Waals surface area contributed by atoms with E-state index in [0.29, 0.717) is 15.0 Å². The number of halogens is 2. The molecular formula is C10H4Cl2N4OS. The Morgan fingerprint density at radius 2 is 2.17 bits per heavy atom. The quantitative estimate of drug-likeness (QED) is 0.683. The molecule has 2 heterocycles. The normalized spacial score (nSPS) is 11.0. The van der Waals surface area contributed by atoms with E-state index in [9.17, 15) is 4.79 Å². The van der Waals surface area contributed by atoms with Crippen LogP contribution in [0, 0.1) is 0 Å². The van der Waals surface area contributed by atoms with Crippen LogP contribution in [0.3, 0.4) is 0 Å². The maximum Gasteiger partial charge on any atom is 0.291 e. The minimum atomic E-state index is -0.689. The second kappa shape index (κ2) is 4.31. The van der Waals surface area contributed by atoms with E-state index in [4.69, 9.17) is 23.2 Å². The van der Waals surface area contributed by atoms with Crippen LogP contribution in [0.25, 0.3) is 15.5 Å². The predicted molar refractivity (Wildman–Crippen MR) is 69.3 cm³/mol. The fourth-order valence-electron chi connectivity index (χ4n) is 1.48. The largest absolute Gasteiger partial charge is 0.291 e. The van der Waals surface area contributed by atoms with Gasteiger partial charge in [-0.1, -0.05) is 35.1 Å². The van der Waals surface area contributed by atoms with Crippen molar-refractivity contribution >= 4 is 44.7 Å². The SMILES string of the molecule is O=C(Cl)c1nnc2sc(-c3cccc(Cl)c3)nn12. The van der Waals surface area contributed by atoms with Gasteiger partial charge in [-0.05, 0) is 23.7 Å². The Morgan fingerprint density at radius 1 is 1.33 bits per heavy atom. The summed E-state index contributed by atoms with van der Waals surface area (Å²) in [6.07, 6.45) is 0. The van der Waals surface area contributed by atoms with Crippen molar-refractivity contribution in [2.45, 2.75) is 0 Å². The summed E-state index contributed by atoms with van der Waals surface area (Å²) in [4.78, 5) is 11.6. The van der Waals surface area contributed by atoms with E-state index in [1.54, 1.807) is 12.1 Å². The van der Waals surface area contributed by atoms with Gasteiger partial charge in [0.05, 0.1) is 0 Å². The molecule has 0 atom stereocenters. The van der Waals surface area contributed by atoms with Gasteiger partial charge in [-0.15, -0.1) is 10.2 Å². The Bertz CT molecular complexity index is 751. The van der Waals surface area contributed by atoms with Gasteiger partial charge in [0.1, 0.15) is 5.01 Å². The minimum Gasteiger partial charge on any atom is -0.272 e. The second-order valence-electron chi connectivity index (χ2n) is 3.41. The highest BCUT2D eigenvalue weighted by atomic mass is 35.5. The molecule has 90 valence electrons. The van der Waals surface area contributed by atoms with Crippen molar-refractivity contribution in [1.82, 2.24) is 19.8 Å². The molecule has 0 spiro atoms. The van der Waals surface area contributed by atoms with E-state index in [1.165, 1.54) is 15.9 Å². The molecule has 2 aromatic heterocycles. The van der Waals surface area contributed by atoms with Gasteiger partial charge >= 0.3 is 0 Å². The van der Waals surface area contributed by atoms with Crippen molar-refractivity contribution in [2.24, 2.45) is 0 Å². The van der Waals surface area contributed by atoms with Crippen LogP contribution in [0.5, 0.6) is 0 Å². The molecule has 0 aliphatic carbocycles. The van der Waals surface area contributed by atoms with Gasteiger partial charge in [0.25, 0.3) is 5.24 Å². The maximum atomic E-state index is 11.1. The number of aromatic nitrogens is 4. The zero-order valence-corrected chi connectivity index (χ0v) is 11.0. The highest BCUT2D eigenvalue weighted by molar-refractivity contribution is 7.19. The summed E-state index contributed by atoms with van der Waals surface area (Å²) in [7, 11) is 0. The average molecular weight is 299 g/mol. The van der Waals surface area contributed by atoms with Crippen molar-refractivity contribution in [3.8, 4) is 10.6 Å². The zero-order chi connectivity index (χ0) is 12.7. The van der Waals surface area contributed by atoms with Crippen molar-refractivity contribution in [1.29, 1.82) is 0 Å². The second-order valence-corrected chi connectivity index (χ2v) is 5.14. The van der Waals surface area contributed by atoms with Crippen molar-refractivity contribution in [3.63, 3.8) is 0 Å². The molecule has 0 amide bonds. The number of hydrogen-bond acceptors (Lipinski definition) is 5. The van der Waals surface area contributed by atoms with Crippen molar-refractivity contribution in [3.05, 3.63) is 35.1 Å². The Morgan fingerprint density at radius 3 is 2.89 bits per heavy atom. The van der Waals surface area contributed by atoms with Gasteiger partial charge in [-0.25, -0.2) is 0 Å². The van der Waals surface area contributed by atoms with Crippen LogP contribution in [0.2, 0.25) is 5.02 Å². The summed E-state index contributed by atoms with van der Waals surface area (Å²) in [5.74, 6) is 0.0104. The van der Waals surface area contributed by atoms with Crippen LogP contribution in [0.4, 0.5) is 0 Å². The standard InChI is InChI=1S/C10H4Cl2N4OS/c11-6-3-1-2-5(4-6)9-15-16-8(7(12)17)13-14-10(16)18-9/h1-4H. The smallest absolute Gasteiger partial charge is 0.272 e. The lowest BCUT2D eigenvalue weighted by Crippen LogP contribution is -1.99. The average Bonchev–Trinajstić information content (AvgIpc) is 2.87. The number of fused-ring (bicyclic) bond motifs is 1. The van der Waals surface area contributed by atoms with Crippen LogP contribution < -0.4 is 0 Å². The number of carbonyl (C=O) groups is 1. The number of carbonyl (C=O) groups excluding carboxylic acids is 1. The topological polar surface area (TPSA) is 60.2 Å². The first-order valence-electron chi connectivity index (χ1n) is 4.83. The maximum absolute atomic E-state index is 11.1. The lowest BCUT2D eigenvalue weighted by atomic mass is 10.2. The first-order valence-corrected chi connectivity index (χ1v) is 6.40. The van der Waals surface area contributed by atoms with Gasteiger partial charge in [0.15, 0.2) is 0 Å². The molecule has 18 heavy (non-hydrogen) atoms. The van der Waals surface area contributed by atoms with Gasteiger partial charge in [-0.2, -0.15) is 9.61 Å². The molecule has 3 aromatic rings. The molecule has 0 N–H and O–H groups in total. The highest BCUT2D eigenvalue weighted by Crippen LogP contribution is 2.27. The highest BCUT2D eigenvalue weighted by Gasteiger charge is 2.16. The third-order valence-corrected chi connectivity index (χ3v) is 3.59. The van der Waals surface area contributed by atoms with Gasteiger partial charge < -0.3 is 0 Å². The van der Waals surface area contributed by atoms with E-state index in [0.717, 1.165) is 5.56 Å². The van der Waals surface area contributed by atoms with Crippen molar-refractivity contribution < 1.29 is 4.79 Å². The first kappa shape index (κ1) is 11.6. The molecule has 0 unspecified atom stereocenters. The summed E-state index contributed by atoms with van der Waals surface area (Å²) in [5, 5.41) is 12.4. The van der Waals surface area contributed by atoms with E-state index in [-0.39, 0.29) is 5.82 Å². The monoisotopic (exact) mass is 298 g/mol. The summed E-state index contributed by atoms with van der Waals surface area (Å²) in [6, 6.07) is 7.27. The predicted octanol–water partition coefficient (Wildman–Crippen LogP) is 2.89.